The zero-order chi connectivity index (χ0) is 26.9. The minimum Gasteiger partial charge on any atom is -0.481 e. The van der Waals surface area contributed by atoms with Crippen molar-refractivity contribution in [2.45, 2.75) is 19.0 Å². The van der Waals surface area contributed by atoms with Crippen LogP contribution in [0.15, 0.2) is 36.4 Å². The molecule has 1 N–H and O–H groups in total. The van der Waals surface area contributed by atoms with E-state index >= 15 is 0 Å². The van der Waals surface area contributed by atoms with Gasteiger partial charge in [-0.15, -0.1) is 0 Å². The highest BCUT2D eigenvalue weighted by Gasteiger charge is 2.34. The number of piperazine rings is 1. The maximum atomic E-state index is 13.1. The average molecular weight is 523 g/mol. The van der Waals surface area contributed by atoms with Crippen molar-refractivity contribution in [2.75, 3.05) is 54.0 Å². The van der Waals surface area contributed by atoms with Crippen LogP contribution in [0.4, 0.5) is 41.6 Å². The summed E-state index contributed by atoms with van der Waals surface area (Å²) in [7, 11) is 0. The smallest absolute Gasteiger partial charge is 0.416 e. The second-order valence-electron chi connectivity index (χ2n) is 8.97. The first-order chi connectivity index (χ1) is 17.5. The number of carbonyl (C=O) groups is 1. The van der Waals surface area contributed by atoms with E-state index in [1.54, 1.807) is 20.8 Å². The van der Waals surface area contributed by atoms with Gasteiger partial charge in [-0.1, -0.05) is 6.07 Å². The van der Waals surface area contributed by atoms with Gasteiger partial charge in [0.05, 0.1) is 27.4 Å². The van der Waals surface area contributed by atoms with Gasteiger partial charge in [-0.05, 0) is 37.1 Å². The van der Waals surface area contributed by atoms with Crippen molar-refractivity contribution in [3.8, 4) is 0 Å². The van der Waals surface area contributed by atoms with Crippen LogP contribution in [0.5, 0.6) is 0 Å². The molecule has 14 heteroatoms. The molecule has 0 bridgehead atoms. The Hall–Kier alpha value is -4.10. The van der Waals surface area contributed by atoms with E-state index in [9.17, 15) is 43.3 Å². The predicted molar refractivity (Wildman–Crippen MR) is 128 cm³/mol. The Morgan fingerprint density at radius 2 is 1.35 bits per heavy atom. The Morgan fingerprint density at radius 1 is 0.838 bits per heavy atom. The number of aliphatic carboxylic acids is 1. The topological polar surface area (TPSA) is 133 Å². The van der Waals surface area contributed by atoms with Crippen molar-refractivity contribution in [3.05, 3.63) is 62.2 Å². The third-order valence-electron chi connectivity index (χ3n) is 6.81. The minimum atomic E-state index is -4.48. The van der Waals surface area contributed by atoms with Crippen LogP contribution in [0.25, 0.3) is 0 Å². The molecule has 0 spiro atoms. The summed E-state index contributed by atoms with van der Waals surface area (Å²) in [6, 6.07) is 7.26. The van der Waals surface area contributed by atoms with Crippen LogP contribution in [-0.4, -0.2) is 60.2 Å². The summed E-state index contributed by atoms with van der Waals surface area (Å²) in [5.74, 6) is -1.49. The lowest BCUT2D eigenvalue weighted by molar-refractivity contribution is -0.393. The fourth-order valence-electron chi connectivity index (χ4n) is 4.81. The van der Waals surface area contributed by atoms with E-state index in [0.29, 0.717) is 5.69 Å². The van der Waals surface area contributed by atoms with E-state index in [2.05, 4.69) is 0 Å². The number of nitro groups is 2. The van der Waals surface area contributed by atoms with Crippen molar-refractivity contribution >= 4 is 34.4 Å². The van der Waals surface area contributed by atoms with Gasteiger partial charge in [-0.3, -0.25) is 25.0 Å². The summed E-state index contributed by atoms with van der Waals surface area (Å²) in [4.78, 5) is 38.6. The molecule has 198 valence electrons. The number of rotatable bonds is 6. The molecular formula is C23H24F3N5O6. The van der Waals surface area contributed by atoms with E-state index in [4.69, 9.17) is 0 Å². The van der Waals surface area contributed by atoms with Gasteiger partial charge in [0.2, 0.25) is 0 Å². The quantitative estimate of drug-likeness (QED) is 0.438. The van der Waals surface area contributed by atoms with E-state index in [-0.39, 0.29) is 63.5 Å². The first-order valence-electron chi connectivity index (χ1n) is 11.6. The molecule has 0 atom stereocenters. The molecule has 0 saturated carbocycles. The normalized spacial score (nSPS) is 17.1. The highest BCUT2D eigenvalue weighted by Crippen LogP contribution is 2.41. The third-order valence-corrected chi connectivity index (χ3v) is 6.81. The second kappa shape index (κ2) is 10.1. The van der Waals surface area contributed by atoms with Crippen LogP contribution in [0.2, 0.25) is 0 Å². The molecular weight excluding hydrogens is 499 g/mol. The molecule has 2 aromatic carbocycles. The molecule has 2 aliphatic rings. The molecule has 0 unspecified atom stereocenters. The number of hydrogen-bond donors (Lipinski definition) is 1. The molecule has 4 rings (SSSR count). The first-order valence-corrected chi connectivity index (χ1v) is 11.6. The maximum Gasteiger partial charge on any atom is 0.416 e. The summed E-state index contributed by atoms with van der Waals surface area (Å²) in [6.45, 7) is 1.56. The summed E-state index contributed by atoms with van der Waals surface area (Å²) >= 11 is 0. The van der Waals surface area contributed by atoms with Crippen LogP contribution in [0.1, 0.15) is 18.4 Å². The molecule has 0 amide bonds. The van der Waals surface area contributed by atoms with Crippen LogP contribution in [0, 0.1) is 26.1 Å². The van der Waals surface area contributed by atoms with Gasteiger partial charge in [0.25, 0.3) is 11.4 Å². The van der Waals surface area contributed by atoms with E-state index in [1.807, 2.05) is 0 Å². The number of carboxylic acids is 1. The molecule has 0 radical (unpaired) electrons. The van der Waals surface area contributed by atoms with Gasteiger partial charge < -0.3 is 19.8 Å². The Kier molecular flexibility index (Phi) is 7.09. The minimum absolute atomic E-state index is 0.176. The van der Waals surface area contributed by atoms with Crippen LogP contribution >= 0.6 is 0 Å². The van der Waals surface area contributed by atoms with Gasteiger partial charge in [0.15, 0.2) is 0 Å². The molecule has 2 aliphatic heterocycles. The van der Waals surface area contributed by atoms with E-state index in [1.165, 1.54) is 12.1 Å². The van der Waals surface area contributed by atoms with E-state index < -0.39 is 44.8 Å². The van der Waals surface area contributed by atoms with Crippen LogP contribution < -0.4 is 14.7 Å². The number of hydrogen-bond acceptors (Lipinski definition) is 8. The number of halogens is 3. The predicted octanol–water partition coefficient (Wildman–Crippen LogP) is 4.15. The zero-order valence-corrected chi connectivity index (χ0v) is 19.6. The largest absolute Gasteiger partial charge is 0.481 e. The van der Waals surface area contributed by atoms with Gasteiger partial charge >= 0.3 is 12.1 Å². The second-order valence-corrected chi connectivity index (χ2v) is 8.97. The van der Waals surface area contributed by atoms with Crippen LogP contribution in [-0.2, 0) is 11.0 Å². The Morgan fingerprint density at radius 3 is 1.84 bits per heavy atom. The summed E-state index contributed by atoms with van der Waals surface area (Å²) < 4.78 is 39.3. The van der Waals surface area contributed by atoms with Gasteiger partial charge in [-0.2, -0.15) is 13.2 Å². The SMILES string of the molecule is O=C(O)C1CCN(c2cc(N3CCN(c4cccc(C(F)(F)F)c4)CC3)c([N+](=O)[O-])cc2[N+](=O)[O-])CC1. The number of carboxylic acid groups (broad SMARTS) is 1. The number of alkyl halides is 3. The standard InChI is InChI=1S/C23H24F3N5O6/c24-23(25,26)16-2-1-3-17(12-16)27-8-10-29(11-9-27)19-13-18(20(30(34)35)14-21(19)31(36)37)28-6-4-15(5-7-28)22(32)33/h1-3,12-15H,4-11H2,(H,32,33). The van der Waals surface area contributed by atoms with Gasteiger partial charge in [-0.25, -0.2) is 0 Å². The zero-order valence-electron chi connectivity index (χ0n) is 19.6. The number of nitrogens with zero attached hydrogens (tertiary/aromatic N) is 5. The summed E-state index contributed by atoms with van der Waals surface area (Å²) in [6.07, 6.45) is -3.91. The Labute approximate surface area is 209 Å². The van der Waals surface area contributed by atoms with Crippen molar-refractivity contribution in [1.82, 2.24) is 0 Å². The van der Waals surface area contributed by atoms with Gasteiger partial charge in [0, 0.05) is 45.0 Å². The van der Waals surface area contributed by atoms with Gasteiger partial charge in [0.1, 0.15) is 11.4 Å². The Balaban J connectivity index is 1.60. The molecule has 2 aromatic rings. The number of nitro benzene ring substituents is 2. The van der Waals surface area contributed by atoms with Crippen molar-refractivity contribution in [3.63, 3.8) is 0 Å². The molecule has 11 nitrogen and oxygen atoms in total. The maximum absolute atomic E-state index is 13.1. The number of piperidine rings is 1. The molecule has 2 fully saturated rings. The summed E-state index contributed by atoms with van der Waals surface area (Å²) in [5, 5.41) is 32.8. The number of benzene rings is 2. The fourth-order valence-corrected chi connectivity index (χ4v) is 4.81. The van der Waals surface area contributed by atoms with Crippen molar-refractivity contribution in [2.24, 2.45) is 5.92 Å². The average Bonchev–Trinajstić information content (AvgIpc) is 2.87. The monoisotopic (exact) mass is 523 g/mol. The molecule has 2 heterocycles. The molecule has 37 heavy (non-hydrogen) atoms. The molecule has 2 saturated heterocycles. The highest BCUT2D eigenvalue weighted by atomic mass is 19.4. The lowest BCUT2D eigenvalue weighted by Gasteiger charge is -2.38. The molecule has 0 aliphatic carbocycles. The fraction of sp³-hybridized carbons (Fsp3) is 0.435. The Bertz CT molecular complexity index is 1210. The van der Waals surface area contributed by atoms with E-state index in [0.717, 1.165) is 18.2 Å². The highest BCUT2D eigenvalue weighted by molar-refractivity contribution is 5.79. The first kappa shape index (κ1) is 26.0. The number of anilines is 3. The lowest BCUT2D eigenvalue weighted by atomic mass is 9.96. The summed E-state index contributed by atoms with van der Waals surface area (Å²) in [5.41, 5.74) is -0.913. The third kappa shape index (κ3) is 5.52. The van der Waals surface area contributed by atoms with Crippen LogP contribution in [0.3, 0.4) is 0 Å². The van der Waals surface area contributed by atoms with Crippen molar-refractivity contribution < 1.29 is 32.9 Å². The molecule has 0 aromatic heterocycles. The van der Waals surface area contributed by atoms with Crippen molar-refractivity contribution in [1.29, 1.82) is 0 Å². The lowest BCUT2D eigenvalue weighted by Crippen LogP contribution is -2.47.